The highest BCUT2D eigenvalue weighted by Crippen LogP contribution is 2.15. The van der Waals surface area contributed by atoms with Gasteiger partial charge in [-0.05, 0) is 5.56 Å². The van der Waals surface area contributed by atoms with Gasteiger partial charge in [-0.1, -0.05) is 30.3 Å². The highest BCUT2D eigenvalue weighted by atomic mass is 16.3. The van der Waals surface area contributed by atoms with Gasteiger partial charge < -0.3 is 21.5 Å². The molecule has 2 aromatic rings. The number of hydrogen-bond donors (Lipinski definition) is 4. The van der Waals surface area contributed by atoms with Crippen LogP contribution in [0.25, 0.3) is 0 Å². The Morgan fingerprint density at radius 3 is 2.58 bits per heavy atom. The second-order valence-corrected chi connectivity index (χ2v) is 4.05. The van der Waals surface area contributed by atoms with Crippen LogP contribution >= 0.6 is 0 Å². The number of aliphatic hydroxyl groups is 1. The number of aliphatic hydroxyl groups excluding tert-OH is 1. The van der Waals surface area contributed by atoms with E-state index < -0.39 is 6.10 Å². The third-order valence-corrected chi connectivity index (χ3v) is 2.66. The number of nitrogens with two attached hydrogens (primary N) is 1. The summed E-state index contributed by atoms with van der Waals surface area (Å²) in [5.41, 5.74) is 6.44. The molecule has 0 bridgehead atoms. The summed E-state index contributed by atoms with van der Waals surface area (Å²) in [5, 5.41) is 16.0. The average Bonchev–Trinajstić information content (AvgIpc) is 2.45. The van der Waals surface area contributed by atoms with E-state index in [0.29, 0.717) is 18.2 Å². The van der Waals surface area contributed by atoms with Crippen molar-refractivity contribution in [2.45, 2.75) is 6.10 Å². The van der Waals surface area contributed by atoms with Gasteiger partial charge in [-0.2, -0.15) is 9.97 Å². The Labute approximate surface area is 111 Å². The minimum absolute atomic E-state index is 0.184. The number of nitrogen functional groups attached to an aromatic ring is 1. The maximum absolute atomic E-state index is 10.0. The van der Waals surface area contributed by atoms with Gasteiger partial charge >= 0.3 is 0 Å². The molecule has 0 aliphatic rings. The minimum atomic E-state index is -0.601. The number of anilines is 3. The Hall–Kier alpha value is -2.34. The number of nitrogens with zero attached hydrogens (tertiary/aromatic N) is 2. The molecule has 19 heavy (non-hydrogen) atoms. The van der Waals surface area contributed by atoms with Crippen molar-refractivity contribution in [3.63, 3.8) is 0 Å². The molecule has 1 unspecified atom stereocenters. The fourth-order valence-electron chi connectivity index (χ4n) is 1.68. The maximum atomic E-state index is 10.0. The molecule has 0 aliphatic carbocycles. The average molecular weight is 259 g/mol. The van der Waals surface area contributed by atoms with Gasteiger partial charge in [-0.15, -0.1) is 0 Å². The summed E-state index contributed by atoms with van der Waals surface area (Å²) in [4.78, 5) is 8.04. The first kappa shape index (κ1) is 13.1. The number of benzene rings is 1. The second kappa shape index (κ2) is 6.01. The van der Waals surface area contributed by atoms with Crippen LogP contribution in [0.5, 0.6) is 0 Å². The monoisotopic (exact) mass is 259 g/mol. The van der Waals surface area contributed by atoms with Crippen molar-refractivity contribution >= 4 is 17.6 Å². The standard InChI is InChI=1S/C13H17N5O/c1-15-11-7-12(18-13(14)17-11)16-8-10(19)9-5-3-2-4-6-9/h2-7,10,19H,8H2,1H3,(H4,14,15,16,17,18). The van der Waals surface area contributed by atoms with Crippen LogP contribution in [0.2, 0.25) is 0 Å². The summed E-state index contributed by atoms with van der Waals surface area (Å²) < 4.78 is 0. The number of rotatable bonds is 5. The zero-order chi connectivity index (χ0) is 13.7. The van der Waals surface area contributed by atoms with Crippen LogP contribution < -0.4 is 16.4 Å². The van der Waals surface area contributed by atoms with Crippen molar-refractivity contribution in [1.82, 2.24) is 9.97 Å². The van der Waals surface area contributed by atoms with Gasteiger partial charge in [0.2, 0.25) is 5.95 Å². The molecular weight excluding hydrogens is 242 g/mol. The molecule has 0 saturated heterocycles. The van der Waals surface area contributed by atoms with Gasteiger partial charge in [-0.3, -0.25) is 0 Å². The quantitative estimate of drug-likeness (QED) is 0.645. The predicted octanol–water partition coefficient (Wildman–Crippen LogP) is 1.25. The fraction of sp³-hybridized carbons (Fsp3) is 0.231. The van der Waals surface area contributed by atoms with E-state index in [1.165, 1.54) is 0 Å². The van der Waals surface area contributed by atoms with E-state index in [1.54, 1.807) is 13.1 Å². The molecule has 6 nitrogen and oxygen atoms in total. The van der Waals surface area contributed by atoms with Crippen molar-refractivity contribution in [2.24, 2.45) is 0 Å². The van der Waals surface area contributed by atoms with Gasteiger partial charge in [0.25, 0.3) is 0 Å². The molecule has 0 radical (unpaired) electrons. The molecule has 5 N–H and O–H groups in total. The van der Waals surface area contributed by atoms with Crippen LogP contribution in [0.4, 0.5) is 17.6 Å². The largest absolute Gasteiger partial charge is 0.387 e. The fourth-order valence-corrected chi connectivity index (χ4v) is 1.68. The molecule has 1 heterocycles. The van der Waals surface area contributed by atoms with E-state index in [0.717, 1.165) is 5.56 Å². The van der Waals surface area contributed by atoms with Crippen molar-refractivity contribution in [3.8, 4) is 0 Å². The van der Waals surface area contributed by atoms with Crippen LogP contribution in [0.3, 0.4) is 0 Å². The van der Waals surface area contributed by atoms with Gasteiger partial charge in [-0.25, -0.2) is 0 Å². The molecule has 1 atom stereocenters. The molecule has 0 spiro atoms. The van der Waals surface area contributed by atoms with Gasteiger partial charge in [0.15, 0.2) is 0 Å². The Morgan fingerprint density at radius 1 is 1.21 bits per heavy atom. The van der Waals surface area contributed by atoms with Crippen LogP contribution in [0, 0.1) is 0 Å². The molecule has 0 aliphatic heterocycles. The summed E-state index contributed by atoms with van der Waals surface area (Å²) in [5.74, 6) is 1.39. The highest BCUT2D eigenvalue weighted by molar-refractivity contribution is 5.50. The van der Waals surface area contributed by atoms with Gasteiger partial charge in [0.05, 0.1) is 6.10 Å². The first-order chi connectivity index (χ1) is 9.19. The lowest BCUT2D eigenvalue weighted by Gasteiger charge is -2.13. The molecule has 0 saturated carbocycles. The van der Waals surface area contributed by atoms with Crippen LogP contribution in [-0.4, -0.2) is 28.7 Å². The van der Waals surface area contributed by atoms with Crippen molar-refractivity contribution < 1.29 is 5.11 Å². The van der Waals surface area contributed by atoms with Crippen molar-refractivity contribution in [3.05, 3.63) is 42.0 Å². The minimum Gasteiger partial charge on any atom is -0.387 e. The molecule has 2 rings (SSSR count). The topological polar surface area (TPSA) is 96.1 Å². The van der Waals surface area contributed by atoms with E-state index in [9.17, 15) is 5.11 Å². The Balaban J connectivity index is 2.01. The van der Waals surface area contributed by atoms with E-state index in [2.05, 4.69) is 20.6 Å². The lowest BCUT2D eigenvalue weighted by molar-refractivity contribution is 0.191. The second-order valence-electron chi connectivity index (χ2n) is 4.05. The molecule has 6 heteroatoms. The Bertz CT molecular complexity index is 532. The first-order valence-corrected chi connectivity index (χ1v) is 5.98. The summed E-state index contributed by atoms with van der Waals surface area (Å²) in [6.07, 6.45) is -0.601. The summed E-state index contributed by atoms with van der Waals surface area (Å²) in [6, 6.07) is 11.2. The smallest absolute Gasteiger partial charge is 0.223 e. The van der Waals surface area contributed by atoms with Crippen LogP contribution in [0.1, 0.15) is 11.7 Å². The summed E-state index contributed by atoms with van der Waals surface area (Å²) >= 11 is 0. The molecule has 0 fully saturated rings. The van der Waals surface area contributed by atoms with Crippen LogP contribution in [0.15, 0.2) is 36.4 Å². The summed E-state index contributed by atoms with van der Waals surface area (Å²) in [7, 11) is 1.75. The Kier molecular flexibility index (Phi) is 4.15. The Morgan fingerprint density at radius 2 is 1.89 bits per heavy atom. The molecule has 1 aromatic heterocycles. The van der Waals surface area contributed by atoms with E-state index >= 15 is 0 Å². The van der Waals surface area contributed by atoms with Crippen molar-refractivity contribution in [2.75, 3.05) is 30.0 Å². The normalized spacial score (nSPS) is 11.9. The molecular formula is C13H17N5O. The van der Waals surface area contributed by atoms with Gasteiger partial charge in [0, 0.05) is 19.7 Å². The number of nitrogens with one attached hydrogen (secondary N) is 2. The van der Waals surface area contributed by atoms with E-state index in [1.807, 2.05) is 30.3 Å². The van der Waals surface area contributed by atoms with Crippen LogP contribution in [-0.2, 0) is 0 Å². The number of aromatic nitrogens is 2. The lowest BCUT2D eigenvalue weighted by Crippen LogP contribution is -2.14. The molecule has 100 valence electrons. The summed E-state index contributed by atoms with van der Waals surface area (Å²) in [6.45, 7) is 0.351. The van der Waals surface area contributed by atoms with E-state index in [-0.39, 0.29) is 5.95 Å². The third kappa shape index (κ3) is 3.56. The first-order valence-electron chi connectivity index (χ1n) is 5.98. The molecule has 1 aromatic carbocycles. The van der Waals surface area contributed by atoms with Crippen molar-refractivity contribution in [1.29, 1.82) is 0 Å². The highest BCUT2D eigenvalue weighted by Gasteiger charge is 2.07. The van der Waals surface area contributed by atoms with Gasteiger partial charge in [0.1, 0.15) is 11.6 Å². The predicted molar refractivity (Wildman–Crippen MR) is 75.9 cm³/mol. The zero-order valence-electron chi connectivity index (χ0n) is 10.7. The number of hydrogen-bond acceptors (Lipinski definition) is 6. The SMILES string of the molecule is CNc1cc(NCC(O)c2ccccc2)nc(N)n1. The van der Waals surface area contributed by atoms with E-state index in [4.69, 9.17) is 5.73 Å². The lowest BCUT2D eigenvalue weighted by atomic mass is 10.1. The maximum Gasteiger partial charge on any atom is 0.223 e. The zero-order valence-corrected chi connectivity index (χ0v) is 10.7. The third-order valence-electron chi connectivity index (χ3n) is 2.66. The molecule has 0 amide bonds.